The van der Waals surface area contributed by atoms with Crippen molar-refractivity contribution in [3.8, 4) is 42.4 Å². The Hall–Kier alpha value is -6.06. The minimum absolute atomic E-state index is 0.0114. The maximum atomic E-state index is 2.79. The average Bonchev–Trinajstić information content (AvgIpc) is 1.51. The molecule has 0 unspecified atom stereocenters. The highest BCUT2D eigenvalue weighted by Gasteiger charge is 2.53. The van der Waals surface area contributed by atoms with Gasteiger partial charge in [-0.3, -0.25) is 0 Å². The van der Waals surface area contributed by atoms with Crippen molar-refractivity contribution in [2.45, 2.75) is 341 Å². The van der Waals surface area contributed by atoms with E-state index in [-0.39, 0.29) is 5.41 Å². The van der Waals surface area contributed by atoms with E-state index in [0.717, 1.165) is 25.7 Å². The Bertz CT molecular complexity index is 3990. The molecular weight excluding hydrogens is 1300 g/mol. The standard InChI is InChI=1S/C103H134S2/c1-9-15-21-27-29-31-33-35-37-43-69-101(70-44-38-36-34-32-30-28-22-16-10-2)92-71-77(7)49-67-88(92)89-68-58-83(73-93(89)101)98-76-97-100(105-98)91-75-94-90(74-95(91)103(97,86-63-54-81(55-64-86)47-41-25-19-13-5)87-65-56-82(57-66-87)48-42-26-20-14-6)99-96(72-78(8)104-99)102(94,84-59-50-79(51-60-84)45-39-23-17-11-3)85-61-52-80(53-62-85)46-40-24-18-12-4/h49-68,71-76H,9-48,69-70H2,1-8H3. The van der Waals surface area contributed by atoms with Gasteiger partial charge in [0.2, 0.25) is 0 Å². The summed E-state index contributed by atoms with van der Waals surface area (Å²) in [6, 6.07) is 67.1. The van der Waals surface area contributed by atoms with Crippen molar-refractivity contribution in [3.05, 3.63) is 246 Å². The van der Waals surface area contributed by atoms with Gasteiger partial charge in [-0.2, -0.15) is 0 Å². The molecule has 3 aliphatic carbocycles. The molecule has 0 N–H and O–H groups in total. The van der Waals surface area contributed by atoms with E-state index in [1.54, 1.807) is 11.1 Å². The van der Waals surface area contributed by atoms with Crippen LogP contribution >= 0.6 is 22.7 Å². The summed E-state index contributed by atoms with van der Waals surface area (Å²) in [7, 11) is 0. The molecular formula is C103H134S2. The summed E-state index contributed by atoms with van der Waals surface area (Å²) < 4.78 is 0. The van der Waals surface area contributed by atoms with Gasteiger partial charge in [-0.1, -0.05) is 380 Å². The SMILES string of the molecule is CCCCCCCCCCCCC1(CCCCCCCCCCCC)c2cc(C)ccc2-c2ccc(-c3cc4c(s3)-c3cc5c(cc3C4(c3ccc(CCCCCC)cc3)c3ccc(CCCCCC)cc3)-c3sc(C)cc3C5(c3ccc(CCCCCC)cc3)c3ccc(CCCCCC)cc3)cc21. The van der Waals surface area contributed by atoms with E-state index >= 15 is 0 Å². The van der Waals surface area contributed by atoms with Crippen molar-refractivity contribution in [2.24, 2.45) is 0 Å². The first-order valence-electron chi connectivity index (χ1n) is 43.8. The molecule has 0 saturated heterocycles. The molecule has 2 heterocycles. The van der Waals surface area contributed by atoms with E-state index in [1.165, 1.54) is 364 Å². The van der Waals surface area contributed by atoms with Crippen molar-refractivity contribution in [3.63, 3.8) is 0 Å². The van der Waals surface area contributed by atoms with Crippen LogP contribution in [-0.4, -0.2) is 0 Å². The van der Waals surface area contributed by atoms with E-state index in [0.29, 0.717) is 0 Å². The lowest BCUT2D eigenvalue weighted by Crippen LogP contribution is -2.30. The van der Waals surface area contributed by atoms with Gasteiger partial charge < -0.3 is 0 Å². The first-order chi connectivity index (χ1) is 51.7. The normalized spacial score (nSPS) is 14.0. The second-order valence-electron chi connectivity index (χ2n) is 33.2. The van der Waals surface area contributed by atoms with Crippen molar-refractivity contribution in [1.82, 2.24) is 0 Å². The first kappa shape index (κ1) is 78.5. The lowest BCUT2D eigenvalue weighted by molar-refractivity contribution is 0.397. The molecule has 0 atom stereocenters. The minimum atomic E-state index is -0.564. The summed E-state index contributed by atoms with van der Waals surface area (Å²) in [5, 5.41) is 0. The zero-order valence-electron chi connectivity index (χ0n) is 67.0. The highest BCUT2D eigenvalue weighted by molar-refractivity contribution is 7.19. The van der Waals surface area contributed by atoms with Gasteiger partial charge in [0.15, 0.2) is 0 Å². The van der Waals surface area contributed by atoms with Gasteiger partial charge in [0, 0.05) is 24.9 Å². The second kappa shape index (κ2) is 38.8. The average molecular weight is 1440 g/mol. The zero-order valence-corrected chi connectivity index (χ0v) is 68.7. The Balaban J connectivity index is 1.04. The largest absolute Gasteiger partial charge is 0.140 e. The summed E-state index contributed by atoms with van der Waals surface area (Å²) >= 11 is 4.13. The van der Waals surface area contributed by atoms with Gasteiger partial charge in [-0.25, -0.2) is 0 Å². The molecule has 12 rings (SSSR count). The lowest BCUT2D eigenvalue weighted by Gasteiger charge is -2.36. The van der Waals surface area contributed by atoms with Crippen molar-refractivity contribution >= 4 is 22.7 Å². The molecule has 0 aliphatic heterocycles. The fraction of sp³-hybridized carbons (Fsp3) is 0.515. The van der Waals surface area contributed by atoms with Gasteiger partial charge in [0.05, 0.1) is 10.8 Å². The maximum absolute atomic E-state index is 2.79. The third kappa shape index (κ3) is 17.7. The summed E-state index contributed by atoms with van der Waals surface area (Å²) in [4.78, 5) is 5.68. The van der Waals surface area contributed by atoms with Crippen LogP contribution in [0, 0.1) is 13.8 Å². The predicted octanol–water partition coefficient (Wildman–Crippen LogP) is 32.2. The third-order valence-electron chi connectivity index (χ3n) is 25.4. The molecule has 7 aromatic carbocycles. The molecule has 9 aromatic rings. The van der Waals surface area contributed by atoms with Crippen molar-refractivity contribution in [1.29, 1.82) is 0 Å². The zero-order chi connectivity index (χ0) is 72.9. The van der Waals surface area contributed by atoms with Gasteiger partial charge >= 0.3 is 0 Å². The van der Waals surface area contributed by atoms with Crippen molar-refractivity contribution in [2.75, 3.05) is 0 Å². The Morgan fingerprint density at radius 3 is 0.933 bits per heavy atom. The fourth-order valence-electron chi connectivity index (χ4n) is 19.4. The molecule has 2 aromatic heterocycles. The van der Waals surface area contributed by atoms with Crippen LogP contribution in [0.4, 0.5) is 0 Å². The fourth-order valence-corrected chi connectivity index (χ4v) is 21.8. The molecule has 3 aliphatic rings. The smallest absolute Gasteiger partial charge is 0.0722 e. The van der Waals surface area contributed by atoms with Crippen LogP contribution in [0.5, 0.6) is 0 Å². The number of rotatable bonds is 47. The number of thiophene rings is 2. The van der Waals surface area contributed by atoms with Crippen LogP contribution in [0.3, 0.4) is 0 Å². The van der Waals surface area contributed by atoms with Crippen molar-refractivity contribution < 1.29 is 0 Å². The maximum Gasteiger partial charge on any atom is 0.0722 e. The van der Waals surface area contributed by atoms with Crippen LogP contribution in [0.2, 0.25) is 0 Å². The van der Waals surface area contributed by atoms with E-state index in [2.05, 4.69) is 224 Å². The Labute approximate surface area is 647 Å². The van der Waals surface area contributed by atoms with E-state index in [9.17, 15) is 0 Å². The molecule has 0 bridgehead atoms. The van der Waals surface area contributed by atoms with Crippen LogP contribution < -0.4 is 0 Å². The number of aryl methyl sites for hydroxylation is 6. The van der Waals surface area contributed by atoms with Gasteiger partial charge in [0.25, 0.3) is 0 Å². The quantitative estimate of drug-likeness (QED) is 0.0334. The molecule has 0 spiro atoms. The molecule has 558 valence electrons. The Kier molecular flexibility index (Phi) is 29.0. The summed E-state index contributed by atoms with van der Waals surface area (Å²) in [6.45, 7) is 18.7. The number of benzene rings is 7. The molecule has 2 heteroatoms. The van der Waals surface area contributed by atoms with Crippen LogP contribution in [0.25, 0.3) is 42.4 Å². The molecule has 0 nitrogen and oxygen atoms in total. The van der Waals surface area contributed by atoms with Crippen LogP contribution in [-0.2, 0) is 41.9 Å². The minimum Gasteiger partial charge on any atom is -0.140 e. The summed E-state index contributed by atoms with van der Waals surface area (Å²) in [6.07, 6.45) is 54.8. The molecule has 0 fully saturated rings. The molecule has 0 saturated carbocycles. The monoisotopic (exact) mass is 1430 g/mol. The lowest BCUT2D eigenvalue weighted by atomic mass is 9.65. The topological polar surface area (TPSA) is 0 Å². The number of fused-ring (bicyclic) bond motifs is 9. The van der Waals surface area contributed by atoms with Gasteiger partial charge in [-0.05, 0) is 214 Å². The highest BCUT2D eigenvalue weighted by atomic mass is 32.1. The number of hydrogen-bond donors (Lipinski definition) is 0. The van der Waals surface area contributed by atoms with E-state index < -0.39 is 10.8 Å². The highest BCUT2D eigenvalue weighted by Crippen LogP contribution is 2.66. The Morgan fingerprint density at radius 1 is 0.248 bits per heavy atom. The number of unbranched alkanes of at least 4 members (excludes halogenated alkanes) is 30. The molecule has 0 amide bonds. The predicted molar refractivity (Wildman–Crippen MR) is 462 cm³/mol. The first-order valence-corrected chi connectivity index (χ1v) is 45.4. The summed E-state index contributed by atoms with van der Waals surface area (Å²) in [5.41, 5.74) is 28.0. The molecule has 0 radical (unpaired) electrons. The second-order valence-corrected chi connectivity index (χ2v) is 35.5. The third-order valence-corrected chi connectivity index (χ3v) is 27.7. The van der Waals surface area contributed by atoms with E-state index in [4.69, 9.17) is 0 Å². The van der Waals surface area contributed by atoms with Crippen LogP contribution in [0.15, 0.2) is 158 Å². The Morgan fingerprint density at radius 2 is 0.562 bits per heavy atom. The number of hydrogen-bond acceptors (Lipinski definition) is 2. The summed E-state index contributed by atoms with van der Waals surface area (Å²) in [5.74, 6) is 0. The molecule has 105 heavy (non-hydrogen) atoms. The van der Waals surface area contributed by atoms with Gasteiger partial charge in [-0.15, -0.1) is 22.7 Å². The van der Waals surface area contributed by atoms with Crippen LogP contribution in [0.1, 0.15) is 374 Å². The van der Waals surface area contributed by atoms with Gasteiger partial charge in [0.1, 0.15) is 0 Å². The van der Waals surface area contributed by atoms with E-state index in [1.807, 2.05) is 11.3 Å².